The van der Waals surface area contributed by atoms with Crippen molar-refractivity contribution in [1.82, 2.24) is 4.98 Å². The Balaban J connectivity index is 1.90. The summed E-state index contributed by atoms with van der Waals surface area (Å²) in [5, 5.41) is 0.217. The number of pyridine rings is 1. The maximum atomic E-state index is 13.5. The number of nitrogens with zero attached hydrogens (tertiary/aromatic N) is 2. The number of hydrogen-bond acceptors (Lipinski definition) is 5. The molecular formula is C22H19ClN2O4S. The number of halogens is 1. The molecule has 8 heteroatoms. The molecule has 0 saturated carbocycles. The van der Waals surface area contributed by atoms with E-state index in [1.54, 1.807) is 48.5 Å². The molecule has 0 saturated heterocycles. The maximum Gasteiger partial charge on any atom is 0.288 e. The van der Waals surface area contributed by atoms with Gasteiger partial charge in [0.25, 0.3) is 15.9 Å². The molecule has 1 amide bonds. The zero-order valence-electron chi connectivity index (χ0n) is 16.4. The first-order chi connectivity index (χ1) is 14.3. The van der Waals surface area contributed by atoms with Crippen molar-refractivity contribution in [2.45, 2.75) is 24.8 Å². The zero-order valence-corrected chi connectivity index (χ0v) is 17.9. The van der Waals surface area contributed by atoms with Crippen LogP contribution < -0.4 is 9.04 Å². The normalized spacial score (nSPS) is 15.9. The number of rotatable bonds is 5. The number of anilines is 1. The Hall–Kier alpha value is -2.90. The first-order valence-electron chi connectivity index (χ1n) is 9.37. The molecular weight excluding hydrogens is 424 g/mol. The molecule has 1 unspecified atom stereocenters. The Morgan fingerprint density at radius 1 is 1.10 bits per heavy atom. The molecule has 0 fully saturated rings. The first-order valence-corrected chi connectivity index (χ1v) is 11.2. The Morgan fingerprint density at radius 2 is 1.87 bits per heavy atom. The highest BCUT2D eigenvalue weighted by molar-refractivity contribution is 7.93. The van der Waals surface area contributed by atoms with Gasteiger partial charge in [0.15, 0.2) is 5.03 Å². The van der Waals surface area contributed by atoms with Crippen molar-refractivity contribution in [3.05, 3.63) is 82.5 Å². The van der Waals surface area contributed by atoms with Gasteiger partial charge >= 0.3 is 0 Å². The van der Waals surface area contributed by atoms with E-state index < -0.39 is 21.8 Å². The van der Waals surface area contributed by atoms with Crippen LogP contribution in [0.15, 0.2) is 65.8 Å². The van der Waals surface area contributed by atoms with Crippen LogP contribution in [-0.2, 0) is 14.8 Å². The van der Waals surface area contributed by atoms with Crippen LogP contribution in [0.3, 0.4) is 0 Å². The largest absolute Gasteiger partial charge is 0.494 e. The average molecular weight is 443 g/mol. The lowest BCUT2D eigenvalue weighted by molar-refractivity contribution is -0.117. The summed E-state index contributed by atoms with van der Waals surface area (Å²) in [4.78, 5) is 17.6. The fraction of sp³-hybridized carbons (Fsp3) is 0.182. The van der Waals surface area contributed by atoms with Gasteiger partial charge in [0.05, 0.1) is 18.2 Å². The van der Waals surface area contributed by atoms with Crippen LogP contribution in [0.1, 0.15) is 29.5 Å². The van der Waals surface area contributed by atoms with E-state index in [1.165, 1.54) is 12.3 Å². The van der Waals surface area contributed by atoms with Crippen LogP contribution in [0, 0.1) is 6.92 Å². The number of fused-ring (bicyclic) bond motifs is 1. The monoisotopic (exact) mass is 442 g/mol. The SMILES string of the molecule is CCOc1ccccc1C1C(=O)N(S(=O)(=O)c2ccc(C)cn2)c2ccc(Cl)cc21. The number of carbonyl (C=O) groups is 1. The Kier molecular flexibility index (Phi) is 5.26. The summed E-state index contributed by atoms with van der Waals surface area (Å²) in [6, 6.07) is 14.9. The minimum absolute atomic E-state index is 0.193. The minimum atomic E-state index is -4.21. The third-order valence-corrected chi connectivity index (χ3v) is 6.75. The fourth-order valence-electron chi connectivity index (χ4n) is 3.57. The molecule has 2 aromatic carbocycles. The van der Waals surface area contributed by atoms with Gasteiger partial charge in [0.1, 0.15) is 5.75 Å². The van der Waals surface area contributed by atoms with E-state index in [2.05, 4.69) is 4.98 Å². The molecule has 0 aliphatic carbocycles. The smallest absolute Gasteiger partial charge is 0.288 e. The molecule has 0 bridgehead atoms. The maximum absolute atomic E-state index is 13.5. The number of carbonyl (C=O) groups excluding carboxylic acids is 1. The van der Waals surface area contributed by atoms with E-state index in [4.69, 9.17) is 16.3 Å². The number of amides is 1. The highest BCUT2D eigenvalue weighted by atomic mass is 35.5. The molecule has 1 atom stereocenters. The molecule has 1 aliphatic heterocycles. The molecule has 4 rings (SSSR count). The summed E-state index contributed by atoms with van der Waals surface area (Å²) < 4.78 is 33.3. The van der Waals surface area contributed by atoms with Gasteiger partial charge in [-0.1, -0.05) is 35.9 Å². The lowest BCUT2D eigenvalue weighted by atomic mass is 9.92. The van der Waals surface area contributed by atoms with E-state index in [-0.39, 0.29) is 10.7 Å². The number of hydrogen-bond donors (Lipinski definition) is 0. The van der Waals surface area contributed by atoms with Crippen molar-refractivity contribution in [2.24, 2.45) is 0 Å². The fourth-order valence-corrected chi connectivity index (χ4v) is 5.13. The van der Waals surface area contributed by atoms with Gasteiger partial charge in [0.2, 0.25) is 0 Å². The van der Waals surface area contributed by atoms with Gasteiger partial charge < -0.3 is 4.74 Å². The van der Waals surface area contributed by atoms with Crippen molar-refractivity contribution >= 4 is 33.2 Å². The van der Waals surface area contributed by atoms with Crippen molar-refractivity contribution in [3.63, 3.8) is 0 Å². The van der Waals surface area contributed by atoms with E-state index in [0.29, 0.717) is 28.5 Å². The summed E-state index contributed by atoms with van der Waals surface area (Å²) in [6.07, 6.45) is 1.46. The standard InChI is InChI=1S/C22H19ClN2O4S/c1-3-29-19-7-5-4-6-16(19)21-17-12-15(23)9-10-18(17)25(22(21)26)30(27,28)20-11-8-14(2)13-24-20/h4-13,21H,3H2,1-2H3. The number of aromatic nitrogens is 1. The highest BCUT2D eigenvalue weighted by Gasteiger charge is 2.46. The van der Waals surface area contributed by atoms with Crippen LogP contribution in [0.2, 0.25) is 5.02 Å². The topological polar surface area (TPSA) is 76.6 Å². The van der Waals surface area contributed by atoms with Crippen LogP contribution in [0.5, 0.6) is 5.75 Å². The molecule has 154 valence electrons. The Morgan fingerprint density at radius 3 is 2.57 bits per heavy atom. The van der Waals surface area contributed by atoms with Crippen molar-refractivity contribution in [3.8, 4) is 5.75 Å². The summed E-state index contributed by atoms with van der Waals surface area (Å²) in [5.41, 5.74) is 2.18. The predicted octanol–water partition coefficient (Wildman–Crippen LogP) is 4.31. The highest BCUT2D eigenvalue weighted by Crippen LogP contribution is 2.46. The Bertz CT molecular complexity index is 1230. The number of sulfonamides is 1. The second kappa shape index (κ2) is 7.74. The van der Waals surface area contributed by atoms with Crippen LogP contribution >= 0.6 is 11.6 Å². The van der Waals surface area contributed by atoms with Gasteiger partial charge in [-0.3, -0.25) is 4.79 Å². The molecule has 1 aliphatic rings. The predicted molar refractivity (Wildman–Crippen MR) is 115 cm³/mol. The van der Waals surface area contributed by atoms with Crippen LogP contribution in [0.25, 0.3) is 0 Å². The molecule has 2 heterocycles. The summed E-state index contributed by atoms with van der Waals surface area (Å²) in [6.45, 7) is 4.07. The number of para-hydroxylation sites is 1. The van der Waals surface area contributed by atoms with Gasteiger partial charge in [-0.25, -0.2) is 9.29 Å². The lowest BCUT2D eigenvalue weighted by Crippen LogP contribution is -2.36. The summed E-state index contributed by atoms with van der Waals surface area (Å²) in [5.74, 6) is -0.930. The Labute approximate surface area is 180 Å². The zero-order chi connectivity index (χ0) is 21.5. The molecule has 1 aromatic heterocycles. The number of benzene rings is 2. The van der Waals surface area contributed by atoms with Crippen molar-refractivity contribution < 1.29 is 17.9 Å². The first kappa shape index (κ1) is 20.4. The van der Waals surface area contributed by atoms with Gasteiger partial charge in [0, 0.05) is 16.8 Å². The third kappa shape index (κ3) is 3.34. The molecule has 30 heavy (non-hydrogen) atoms. The van der Waals surface area contributed by atoms with Gasteiger partial charge in [-0.2, -0.15) is 8.42 Å². The van der Waals surface area contributed by atoms with E-state index in [1.807, 2.05) is 13.8 Å². The molecule has 0 spiro atoms. The van der Waals surface area contributed by atoms with Crippen LogP contribution in [0.4, 0.5) is 5.69 Å². The van der Waals surface area contributed by atoms with Gasteiger partial charge in [-0.05, 0) is 55.3 Å². The second-order valence-corrected chi connectivity index (χ2v) is 9.06. The minimum Gasteiger partial charge on any atom is -0.494 e. The molecule has 0 radical (unpaired) electrons. The van der Waals surface area contributed by atoms with E-state index in [9.17, 15) is 13.2 Å². The van der Waals surface area contributed by atoms with Gasteiger partial charge in [-0.15, -0.1) is 0 Å². The quantitative estimate of drug-likeness (QED) is 0.588. The van der Waals surface area contributed by atoms with Crippen molar-refractivity contribution in [2.75, 3.05) is 10.9 Å². The van der Waals surface area contributed by atoms with E-state index >= 15 is 0 Å². The molecule has 3 aromatic rings. The number of ether oxygens (including phenoxy) is 1. The average Bonchev–Trinajstić information content (AvgIpc) is 3.00. The second-order valence-electron chi connectivity index (χ2n) is 6.89. The lowest BCUT2D eigenvalue weighted by Gasteiger charge is -2.18. The molecule has 6 nitrogen and oxygen atoms in total. The van der Waals surface area contributed by atoms with Crippen molar-refractivity contribution in [1.29, 1.82) is 0 Å². The van der Waals surface area contributed by atoms with E-state index in [0.717, 1.165) is 9.87 Å². The summed E-state index contributed by atoms with van der Waals surface area (Å²) in [7, 11) is -4.21. The number of aryl methyl sites for hydroxylation is 1. The summed E-state index contributed by atoms with van der Waals surface area (Å²) >= 11 is 6.20. The van der Waals surface area contributed by atoms with Crippen LogP contribution in [-0.4, -0.2) is 25.9 Å². The third-order valence-electron chi connectivity index (χ3n) is 4.89. The molecule has 0 N–H and O–H groups in total.